The highest BCUT2D eigenvalue weighted by atomic mass is 33.1. The van der Waals surface area contributed by atoms with Gasteiger partial charge in [0.25, 0.3) is 0 Å². The van der Waals surface area contributed by atoms with E-state index in [9.17, 15) is 19.5 Å². The molecule has 0 spiro atoms. The number of carboxylic acids is 1. The van der Waals surface area contributed by atoms with Crippen LogP contribution in [0.4, 0.5) is 0 Å². The van der Waals surface area contributed by atoms with E-state index in [0.29, 0.717) is 28.7 Å². The summed E-state index contributed by atoms with van der Waals surface area (Å²) in [4.78, 5) is 31.4. The van der Waals surface area contributed by atoms with Crippen LogP contribution in [0.15, 0.2) is 11.5 Å². The molecule has 0 bridgehead atoms. The van der Waals surface area contributed by atoms with Gasteiger partial charge in [0.15, 0.2) is 0 Å². The van der Waals surface area contributed by atoms with Crippen molar-refractivity contribution in [3.63, 3.8) is 0 Å². The quantitative estimate of drug-likeness (QED) is 0.0970. The molecule has 6 unspecified atom stereocenters. The lowest BCUT2D eigenvalue weighted by Gasteiger charge is -2.22. The van der Waals surface area contributed by atoms with Crippen molar-refractivity contribution in [2.45, 2.75) is 279 Å². The zero-order valence-corrected chi connectivity index (χ0v) is 84.8. The highest BCUT2D eigenvalue weighted by Crippen LogP contribution is 2.43. The van der Waals surface area contributed by atoms with Gasteiger partial charge < -0.3 is 25.2 Å². The number of ketones is 2. The van der Waals surface area contributed by atoms with Crippen molar-refractivity contribution in [1.82, 2.24) is 0 Å². The first-order valence-corrected chi connectivity index (χ1v) is 69.6. The Labute approximate surface area is 740 Å². The molecule has 13 rings (SSSR count). The summed E-state index contributed by atoms with van der Waals surface area (Å²) < 4.78 is 0. The topological polar surface area (TPSA) is 132 Å². The van der Waals surface area contributed by atoms with Gasteiger partial charge in [-0.1, -0.05) is 386 Å². The molecule has 104 heavy (non-hydrogen) atoms. The summed E-state index contributed by atoms with van der Waals surface area (Å²) in [5.41, 5.74) is -0.118. The summed E-state index contributed by atoms with van der Waals surface area (Å²) in [6.07, 6.45) is 41.0. The summed E-state index contributed by atoms with van der Waals surface area (Å²) >= 11 is 0. The van der Waals surface area contributed by atoms with Crippen LogP contribution in [0.25, 0.3) is 0 Å². The molecule has 0 aromatic heterocycles. The predicted octanol–water partition coefficient (Wildman–Crippen LogP) is 29.9. The number of aliphatic hydroxyl groups is 3. The lowest BCUT2D eigenvalue weighted by Crippen LogP contribution is -2.24. The fraction of sp³-hybridized carbons (Fsp3) is 0.930. The third kappa shape index (κ3) is 74.6. The predicted molar refractivity (Wildman–Crippen MR) is 538 cm³/mol. The van der Waals surface area contributed by atoms with Crippen LogP contribution >= 0.6 is 281 Å². The smallest absolute Gasteiger partial charge is 0.308 e. The van der Waals surface area contributed by atoms with Gasteiger partial charge in [-0.05, 0) is 147 Å². The van der Waals surface area contributed by atoms with Crippen molar-refractivity contribution in [3.8, 4) is 0 Å². The van der Waals surface area contributed by atoms with Gasteiger partial charge in [-0.25, -0.2) is 0 Å². The number of Topliss-reactive ketones (excluding diaryl/α,β-unsaturated/α-hetero) is 2. The van der Waals surface area contributed by atoms with E-state index in [2.05, 4.69) is 78.5 Å². The third-order valence-corrected chi connectivity index (χ3v) is 51.0. The van der Waals surface area contributed by atoms with Crippen molar-refractivity contribution < 1.29 is 34.8 Å². The molecule has 33 heteroatoms. The van der Waals surface area contributed by atoms with E-state index in [4.69, 9.17) is 15.3 Å². The molecule has 0 radical (unpaired) electrons. The SMILES string of the molecule is C1=CSSC1.C1CCCSSCC1.C1CCSSC1.C1CCSSCC1.C1CSSC1.CC(=O)C1CCSS1.CC(=O)CCCCC1CCSS1.CC1CCCCC(O)SS1.CCCC1CCSS1.CCCCCCC1CCSS1.C[C@@H]1CSSC[C@@H]1O.C[C@@H]1CSSC[C@H]1O.O=C(O)C1CSSC1. The van der Waals surface area contributed by atoms with Crippen molar-refractivity contribution in [2.75, 3.05) is 109 Å². The Hall–Kier alpha value is 7.53. The van der Waals surface area contributed by atoms with Gasteiger partial charge in [0.1, 0.15) is 17.0 Å². The molecule has 0 amide bonds. The van der Waals surface area contributed by atoms with Gasteiger partial charge >= 0.3 is 5.97 Å². The summed E-state index contributed by atoms with van der Waals surface area (Å²) in [5, 5.41) is 42.0. The molecule has 616 valence electrons. The van der Waals surface area contributed by atoms with Gasteiger partial charge in [0.05, 0.1) is 23.4 Å². The number of aliphatic carboxylic acids is 1. The first-order chi connectivity index (χ1) is 50.7. The molecule has 7 nitrogen and oxygen atoms in total. The molecule has 4 N–H and O–H groups in total. The van der Waals surface area contributed by atoms with E-state index in [1.165, 1.54) is 230 Å². The van der Waals surface area contributed by atoms with Crippen LogP contribution in [-0.4, -0.2) is 191 Å². The Morgan fingerprint density at radius 3 is 1.12 bits per heavy atom. The molecule has 12 saturated heterocycles. The number of unbranched alkanes of at least 4 members (excludes halogenated alkanes) is 4. The second kappa shape index (κ2) is 84.1. The fourth-order valence-electron chi connectivity index (χ4n) is 9.06. The zero-order chi connectivity index (χ0) is 75.8. The highest BCUT2D eigenvalue weighted by Gasteiger charge is 2.24. The average molecular weight is 1930 g/mol. The summed E-state index contributed by atoms with van der Waals surface area (Å²) in [7, 11) is 49.7. The maximum Gasteiger partial charge on any atom is 0.308 e. The van der Waals surface area contributed by atoms with Gasteiger partial charge in [0, 0.05) is 137 Å². The molecule has 0 saturated carbocycles. The van der Waals surface area contributed by atoms with E-state index in [1.807, 2.05) is 173 Å². The van der Waals surface area contributed by atoms with Crippen LogP contribution in [-0.2, 0) is 14.4 Å². The number of rotatable bonds is 14. The third-order valence-electron chi connectivity index (χ3n) is 15.9. The van der Waals surface area contributed by atoms with Crippen molar-refractivity contribution in [2.24, 2.45) is 17.8 Å². The number of hydrogen-bond donors (Lipinski definition) is 4. The van der Waals surface area contributed by atoms with E-state index in [0.717, 1.165) is 87.0 Å². The maximum absolute atomic E-state index is 10.6. The second-order valence-corrected chi connectivity index (χ2v) is 60.5. The van der Waals surface area contributed by atoms with Crippen LogP contribution < -0.4 is 0 Å². The van der Waals surface area contributed by atoms with Crippen molar-refractivity contribution >= 4 is 298 Å². The molecular formula is C71H134O7S26. The minimum absolute atomic E-state index is 0.0544. The normalized spacial score (nSPS) is 27.9. The Bertz CT molecular complexity index is 1740. The van der Waals surface area contributed by atoms with E-state index < -0.39 is 5.97 Å². The van der Waals surface area contributed by atoms with Gasteiger partial charge in [-0.2, -0.15) is 0 Å². The van der Waals surface area contributed by atoms with Crippen molar-refractivity contribution in [3.05, 3.63) is 11.5 Å². The van der Waals surface area contributed by atoms with Gasteiger partial charge in [-0.15, -0.1) is 0 Å². The molecule has 0 aromatic carbocycles. The van der Waals surface area contributed by atoms with E-state index in [-0.39, 0.29) is 23.6 Å². The number of aliphatic hydroxyl groups excluding tert-OH is 3. The molecular weight excluding hydrogens is 1800 g/mol. The molecule has 0 aliphatic carbocycles. The number of hydrogen-bond acceptors (Lipinski definition) is 32. The summed E-state index contributed by atoms with van der Waals surface area (Å²) in [6.45, 7) is 14.3. The number of carboxylic acid groups (broad SMARTS) is 1. The van der Waals surface area contributed by atoms with Crippen LogP contribution in [0.2, 0.25) is 0 Å². The van der Waals surface area contributed by atoms with Gasteiger partial charge in [0.2, 0.25) is 0 Å². The Morgan fingerprint density at radius 2 is 0.798 bits per heavy atom. The molecule has 12 fully saturated rings. The van der Waals surface area contributed by atoms with Gasteiger partial charge in [-0.3, -0.25) is 9.59 Å². The standard InChI is InChI=1S/C9H16OS2.C9H18S2.C7H14OS2.2C6H12S2.2C5H10OS2.C5H8OS2.C5H10S2.C4H6O2S2.C4H8S2.C3H6S2.C3H4S2/c1-8(10)4-2-3-5-9-6-7-11-12-9;1-2-3-4-5-6-9-7-8-10-11-9;1-6-4-2-3-5-7(8)10-9-6;1-2-3-6-4-5-7-8-6;1-2-4-6-8-7-5-3-1;2*1-4-2-7-8-3-5(4)6;1-4(6)5-2-3-7-8-5;1-2-4-6-7-5-3-1;5-4(6)3-1-7-8-2-3;1-2-4-6-5-3-1;2*1-2-4-5-3-1/h9H,2-7H2,1H3;9H,2-8H2,1H3;6-8H,2-5H2,1H3;6H,2-5H2,1H3;1-6H2;2*4-6H,2-3H2,1H3;5H,2-3H2,1H3;1-5H2;3H,1-2H2,(H,5,6);1-4H2;1-3H2;1-2H,3H2/t;;;;;4-,5+;4-,5-;;;;;;/m.....11....../s1. The first-order valence-electron chi connectivity index (χ1n) is 38.0. The monoisotopic (exact) mass is 1930 g/mol. The molecule has 13 aliphatic heterocycles. The van der Waals surface area contributed by atoms with Crippen LogP contribution in [0.3, 0.4) is 0 Å². The molecule has 13 heterocycles. The Kier molecular flexibility index (Phi) is 88.6. The van der Waals surface area contributed by atoms with Crippen LogP contribution in [0, 0.1) is 17.8 Å². The lowest BCUT2D eigenvalue weighted by atomic mass is 10.1. The van der Waals surface area contributed by atoms with Crippen LogP contribution in [0.5, 0.6) is 0 Å². The average Bonchev–Trinajstić information content (AvgIpc) is 1.67. The molecule has 0 aromatic rings. The summed E-state index contributed by atoms with van der Waals surface area (Å²) in [6, 6.07) is 0. The minimum Gasteiger partial charge on any atom is -0.481 e. The lowest BCUT2D eigenvalue weighted by molar-refractivity contribution is -0.140. The maximum atomic E-state index is 10.6. The second-order valence-electron chi connectivity index (χ2n) is 25.8. The zero-order valence-electron chi connectivity index (χ0n) is 63.6. The molecule has 13 aliphatic rings. The largest absolute Gasteiger partial charge is 0.481 e. The van der Waals surface area contributed by atoms with Crippen molar-refractivity contribution in [1.29, 1.82) is 0 Å². The number of carbonyl (C=O) groups is 3. The fourth-order valence-corrected chi connectivity index (χ4v) is 42.5. The Balaban J connectivity index is 0.000000567. The number of carbonyl (C=O) groups excluding carboxylic acids is 2. The van der Waals surface area contributed by atoms with Crippen LogP contribution in [0.1, 0.15) is 235 Å². The van der Waals surface area contributed by atoms with E-state index in [1.54, 1.807) is 89.4 Å². The highest BCUT2D eigenvalue weighted by molar-refractivity contribution is 8.80. The molecule has 10 atom stereocenters. The van der Waals surface area contributed by atoms with E-state index >= 15 is 0 Å². The summed E-state index contributed by atoms with van der Waals surface area (Å²) in [5.74, 6) is 24.0. The first kappa shape index (κ1) is 110. The Morgan fingerprint density at radius 1 is 0.375 bits per heavy atom. The minimum atomic E-state index is -0.650.